The summed E-state index contributed by atoms with van der Waals surface area (Å²) in [5, 5.41) is 59.3. The third-order valence-electron chi connectivity index (χ3n) is 9.34. The third-order valence-corrected chi connectivity index (χ3v) is 9.34. The van der Waals surface area contributed by atoms with Gasteiger partial charge >= 0.3 is 0 Å². The fourth-order valence-corrected chi connectivity index (χ4v) is 6.97. The van der Waals surface area contributed by atoms with E-state index >= 15 is 0 Å². The van der Waals surface area contributed by atoms with E-state index in [0.717, 1.165) is 25.9 Å². The van der Waals surface area contributed by atoms with Gasteiger partial charge in [0.25, 0.3) is 5.91 Å². The number of amides is 1. The summed E-state index contributed by atoms with van der Waals surface area (Å²) in [6, 6.07) is 3.12. The lowest BCUT2D eigenvalue weighted by Crippen LogP contribution is -2.67. The van der Waals surface area contributed by atoms with Crippen molar-refractivity contribution < 1.29 is 39.9 Å². The van der Waals surface area contributed by atoms with Crippen molar-refractivity contribution in [3.8, 4) is 5.75 Å². The summed E-state index contributed by atoms with van der Waals surface area (Å²) in [5.41, 5.74) is -5.54. The SMILES string of the molecule is CC1CCN(CNC(=O)C2=C(O)[C@@]3(O)C(=O)C4=C(O)c5c(O)cccc5C(C)(O)[C@H]4C[C@H]3[C@H](N(C)C)C2=O)CC1. The lowest BCUT2D eigenvalue weighted by atomic mass is 9.54. The van der Waals surface area contributed by atoms with Gasteiger partial charge in [0.1, 0.15) is 22.8 Å². The van der Waals surface area contributed by atoms with E-state index < -0.39 is 63.6 Å². The number of hydrogen-bond acceptors (Lipinski definition) is 10. The molecule has 2 fully saturated rings. The smallest absolute Gasteiger partial charge is 0.259 e. The molecule has 6 N–H and O–H groups in total. The second kappa shape index (κ2) is 9.69. The van der Waals surface area contributed by atoms with E-state index in [1.165, 1.54) is 30.0 Å². The van der Waals surface area contributed by atoms with Crippen molar-refractivity contribution in [2.45, 2.75) is 50.4 Å². The molecule has 40 heavy (non-hydrogen) atoms. The Morgan fingerprint density at radius 3 is 2.40 bits per heavy atom. The zero-order valence-electron chi connectivity index (χ0n) is 23.1. The maximum atomic E-state index is 14.1. The first kappa shape index (κ1) is 28.3. The van der Waals surface area contributed by atoms with E-state index in [2.05, 4.69) is 12.2 Å². The molecule has 1 saturated heterocycles. The molecule has 1 saturated carbocycles. The van der Waals surface area contributed by atoms with Gasteiger partial charge in [-0.05, 0) is 57.8 Å². The minimum Gasteiger partial charge on any atom is -0.508 e. The lowest BCUT2D eigenvalue weighted by Gasteiger charge is -2.53. The van der Waals surface area contributed by atoms with Crippen LogP contribution < -0.4 is 5.32 Å². The average molecular weight is 556 g/mol. The Balaban J connectivity index is 1.60. The summed E-state index contributed by atoms with van der Waals surface area (Å²) in [4.78, 5) is 44.6. The van der Waals surface area contributed by atoms with Crippen molar-refractivity contribution >= 4 is 23.2 Å². The van der Waals surface area contributed by atoms with E-state index in [9.17, 15) is 39.9 Å². The molecule has 11 heteroatoms. The largest absolute Gasteiger partial charge is 0.508 e. The van der Waals surface area contributed by atoms with Crippen LogP contribution in [0.15, 0.2) is 35.1 Å². The molecule has 1 unspecified atom stereocenters. The Morgan fingerprint density at radius 1 is 1.12 bits per heavy atom. The molecule has 3 aliphatic carbocycles. The molecule has 1 heterocycles. The number of phenols is 1. The van der Waals surface area contributed by atoms with Crippen molar-refractivity contribution in [2.24, 2.45) is 17.8 Å². The highest BCUT2D eigenvalue weighted by Crippen LogP contribution is 2.57. The molecule has 0 bridgehead atoms. The van der Waals surface area contributed by atoms with Crippen molar-refractivity contribution in [1.82, 2.24) is 15.1 Å². The number of phenolic OH excluding ortho intramolecular Hbond substituents is 1. The zero-order valence-corrected chi connectivity index (χ0v) is 23.1. The number of ketones is 2. The van der Waals surface area contributed by atoms with Gasteiger partial charge < -0.3 is 30.8 Å². The third kappa shape index (κ3) is 3.98. The number of carbonyl (C=O) groups is 3. The summed E-state index contributed by atoms with van der Waals surface area (Å²) in [6.07, 6.45) is 1.75. The minimum absolute atomic E-state index is 0.130. The second-order valence-corrected chi connectivity index (χ2v) is 12.1. The molecule has 0 radical (unpaired) electrons. The molecule has 216 valence electrons. The number of piperidine rings is 1. The van der Waals surface area contributed by atoms with E-state index in [1.807, 2.05) is 4.90 Å². The molecule has 11 nitrogen and oxygen atoms in total. The summed E-state index contributed by atoms with van der Waals surface area (Å²) >= 11 is 0. The first-order chi connectivity index (χ1) is 18.7. The van der Waals surface area contributed by atoms with Crippen LogP contribution in [0, 0.1) is 17.8 Å². The number of carbonyl (C=O) groups excluding carboxylic acids is 3. The Morgan fingerprint density at radius 2 is 1.77 bits per heavy atom. The topological polar surface area (TPSA) is 171 Å². The number of rotatable bonds is 4. The number of likely N-dealkylation sites (tertiary alicyclic amines) is 1. The van der Waals surface area contributed by atoms with E-state index in [4.69, 9.17) is 0 Å². The maximum Gasteiger partial charge on any atom is 0.259 e. The number of likely N-dealkylation sites (N-methyl/N-ethyl adjacent to an activating group) is 1. The number of fused-ring (bicyclic) bond motifs is 3. The van der Waals surface area contributed by atoms with Crippen LogP contribution in [0.3, 0.4) is 0 Å². The standard InChI is InChI=1S/C29H37N3O8/c1-14-8-10-32(11-9-14)13-30-27(38)21-24(35)22(31(3)4)17-12-16-20(25(36)29(17,40)26(21)37)23(34)19-15(28(16,2)39)6-5-7-18(19)33/h5-7,14,16-17,22,33-34,37,39-40H,8-13H2,1-4H3,(H,30,38)/t16-,17-,22-,28?,29-/m0/s1. The second-order valence-electron chi connectivity index (χ2n) is 12.1. The number of nitrogens with one attached hydrogen (secondary N) is 1. The highest BCUT2D eigenvalue weighted by Gasteiger charge is 2.66. The van der Waals surface area contributed by atoms with Gasteiger partial charge in [0.05, 0.1) is 23.9 Å². The minimum atomic E-state index is -2.73. The average Bonchev–Trinajstić information content (AvgIpc) is 2.88. The molecular weight excluding hydrogens is 518 g/mol. The van der Waals surface area contributed by atoms with Crippen molar-refractivity contribution in [2.75, 3.05) is 33.9 Å². The Kier molecular flexibility index (Phi) is 6.85. The molecule has 0 aromatic heterocycles. The number of aromatic hydroxyl groups is 1. The monoisotopic (exact) mass is 555 g/mol. The molecule has 5 atom stereocenters. The molecule has 1 amide bonds. The molecule has 1 aliphatic heterocycles. The van der Waals surface area contributed by atoms with Gasteiger partial charge in [0, 0.05) is 30.5 Å². The molecular formula is C29H37N3O8. The first-order valence-corrected chi connectivity index (χ1v) is 13.6. The number of aliphatic hydroxyl groups excluding tert-OH is 2. The van der Waals surface area contributed by atoms with E-state index in [1.54, 1.807) is 14.1 Å². The van der Waals surface area contributed by atoms with Gasteiger partial charge in [-0.1, -0.05) is 19.1 Å². The van der Waals surface area contributed by atoms with Crippen LogP contribution in [0.25, 0.3) is 5.76 Å². The van der Waals surface area contributed by atoms with E-state index in [-0.39, 0.29) is 35.5 Å². The molecule has 0 spiro atoms. The van der Waals surface area contributed by atoms with Crippen LogP contribution in [0.2, 0.25) is 0 Å². The lowest BCUT2D eigenvalue weighted by molar-refractivity contribution is -0.159. The number of benzene rings is 1. The van der Waals surface area contributed by atoms with Crippen molar-refractivity contribution in [1.29, 1.82) is 0 Å². The first-order valence-electron chi connectivity index (χ1n) is 13.6. The predicted molar refractivity (Wildman–Crippen MR) is 144 cm³/mol. The quantitative estimate of drug-likeness (QED) is 0.294. The zero-order chi connectivity index (χ0) is 29.3. The highest BCUT2D eigenvalue weighted by atomic mass is 16.3. The number of nitrogens with zero attached hydrogens (tertiary/aromatic N) is 2. The summed E-state index contributed by atoms with van der Waals surface area (Å²) in [7, 11) is 3.13. The summed E-state index contributed by atoms with van der Waals surface area (Å²) in [5.74, 6) is -6.60. The number of hydrogen-bond donors (Lipinski definition) is 6. The van der Waals surface area contributed by atoms with Gasteiger partial charge in [-0.15, -0.1) is 0 Å². The number of aliphatic hydroxyl groups is 4. The number of Topliss-reactive ketones (excluding diaryl/α,β-unsaturated/α-hetero) is 2. The van der Waals surface area contributed by atoms with Gasteiger partial charge in [0.2, 0.25) is 5.78 Å². The van der Waals surface area contributed by atoms with Crippen LogP contribution in [-0.2, 0) is 20.0 Å². The Hall–Kier alpha value is -3.25. The molecule has 1 aromatic rings. The van der Waals surface area contributed by atoms with Gasteiger partial charge in [-0.2, -0.15) is 0 Å². The van der Waals surface area contributed by atoms with Crippen LogP contribution in [0.5, 0.6) is 5.75 Å². The van der Waals surface area contributed by atoms with Gasteiger partial charge in [-0.3, -0.25) is 24.2 Å². The maximum absolute atomic E-state index is 14.1. The molecule has 4 aliphatic rings. The molecule has 5 rings (SSSR count). The fourth-order valence-electron chi connectivity index (χ4n) is 6.97. The van der Waals surface area contributed by atoms with E-state index in [0.29, 0.717) is 5.92 Å². The summed E-state index contributed by atoms with van der Waals surface area (Å²) < 4.78 is 0. The normalized spacial score (nSPS) is 33.1. The van der Waals surface area contributed by atoms with Crippen LogP contribution in [-0.4, -0.2) is 98.3 Å². The fraction of sp³-hybridized carbons (Fsp3) is 0.552. The Labute approximate surface area is 232 Å². The van der Waals surface area contributed by atoms with Crippen LogP contribution in [0.4, 0.5) is 0 Å². The van der Waals surface area contributed by atoms with Crippen molar-refractivity contribution in [3.05, 3.63) is 46.2 Å². The van der Waals surface area contributed by atoms with Crippen LogP contribution >= 0.6 is 0 Å². The highest BCUT2D eigenvalue weighted by molar-refractivity contribution is 6.25. The Bertz CT molecular complexity index is 1340. The van der Waals surface area contributed by atoms with Crippen LogP contribution in [0.1, 0.15) is 44.2 Å². The van der Waals surface area contributed by atoms with Gasteiger partial charge in [0.15, 0.2) is 11.4 Å². The van der Waals surface area contributed by atoms with Gasteiger partial charge in [-0.25, -0.2) is 0 Å². The molecule has 1 aromatic carbocycles. The van der Waals surface area contributed by atoms with Crippen molar-refractivity contribution in [3.63, 3.8) is 0 Å². The summed E-state index contributed by atoms with van der Waals surface area (Å²) in [6.45, 7) is 5.24. The predicted octanol–water partition coefficient (Wildman–Crippen LogP) is 0.949.